The third-order valence-electron chi connectivity index (χ3n) is 3.71. The van der Waals surface area contributed by atoms with Crippen LogP contribution >= 0.6 is 0 Å². The van der Waals surface area contributed by atoms with Crippen LogP contribution in [0.25, 0.3) is 11.1 Å². The first-order valence-corrected chi connectivity index (χ1v) is 8.00. The van der Waals surface area contributed by atoms with E-state index in [0.717, 1.165) is 28.0 Å². The molecule has 0 spiro atoms. The second-order valence-electron chi connectivity index (χ2n) is 5.66. The molecule has 2 heterocycles. The van der Waals surface area contributed by atoms with Gasteiger partial charge in [0.2, 0.25) is 5.95 Å². The molecule has 0 radical (unpaired) electrons. The molecule has 0 bridgehead atoms. The van der Waals surface area contributed by atoms with Crippen LogP contribution in [-0.2, 0) is 0 Å². The third kappa shape index (κ3) is 3.32. The predicted octanol–water partition coefficient (Wildman–Crippen LogP) is 4.39. The van der Waals surface area contributed by atoms with Crippen molar-refractivity contribution in [2.45, 2.75) is 6.92 Å². The first kappa shape index (κ1) is 15.7. The quantitative estimate of drug-likeness (QED) is 0.536. The van der Waals surface area contributed by atoms with Crippen LogP contribution in [0.2, 0.25) is 0 Å². The molecule has 26 heavy (non-hydrogen) atoms. The van der Waals surface area contributed by atoms with Crippen LogP contribution in [-0.4, -0.2) is 15.0 Å². The summed E-state index contributed by atoms with van der Waals surface area (Å²) in [5, 5.41) is 6.39. The molecule has 2 N–H and O–H groups in total. The van der Waals surface area contributed by atoms with Crippen molar-refractivity contribution >= 4 is 34.2 Å². The second kappa shape index (κ2) is 6.57. The highest BCUT2D eigenvalue weighted by Gasteiger charge is 2.05. The molecule has 6 heteroatoms. The van der Waals surface area contributed by atoms with Gasteiger partial charge in [-0.15, -0.1) is 6.42 Å². The Morgan fingerprint density at radius 1 is 1.00 bits per heavy atom. The Balaban J connectivity index is 1.55. The summed E-state index contributed by atoms with van der Waals surface area (Å²) in [6, 6.07) is 15.0. The summed E-state index contributed by atoms with van der Waals surface area (Å²) < 4.78 is 5.56. The van der Waals surface area contributed by atoms with Crippen molar-refractivity contribution in [1.29, 1.82) is 0 Å². The smallest absolute Gasteiger partial charge is 0.229 e. The standard InChI is InChI=1S/C20H15N5O/c1-3-14-5-4-6-15(11-14)24-20-21-10-9-19(25-20)23-16-7-8-17-18(12-16)26-13(2)22-17/h1,4-12H,2H3,(H2,21,23,24,25). The van der Waals surface area contributed by atoms with E-state index in [2.05, 4.69) is 31.5 Å². The summed E-state index contributed by atoms with van der Waals surface area (Å²) in [6.45, 7) is 1.82. The molecule has 2 aromatic heterocycles. The zero-order valence-electron chi connectivity index (χ0n) is 14.0. The predicted molar refractivity (Wildman–Crippen MR) is 102 cm³/mol. The van der Waals surface area contributed by atoms with Gasteiger partial charge in [-0.25, -0.2) is 9.97 Å². The number of nitrogens with zero attached hydrogens (tertiary/aromatic N) is 3. The van der Waals surface area contributed by atoms with Gasteiger partial charge in [0.15, 0.2) is 11.5 Å². The zero-order chi connectivity index (χ0) is 17.9. The molecular weight excluding hydrogens is 326 g/mol. The Labute approximate surface area is 150 Å². The van der Waals surface area contributed by atoms with Gasteiger partial charge in [-0.1, -0.05) is 12.0 Å². The Kier molecular flexibility index (Phi) is 3.96. The van der Waals surface area contributed by atoms with E-state index in [1.54, 1.807) is 12.3 Å². The van der Waals surface area contributed by atoms with Crippen LogP contribution < -0.4 is 10.6 Å². The minimum Gasteiger partial charge on any atom is -0.441 e. The summed E-state index contributed by atoms with van der Waals surface area (Å²) in [6.07, 6.45) is 7.11. The van der Waals surface area contributed by atoms with Crippen LogP contribution in [0.15, 0.2) is 59.1 Å². The highest BCUT2D eigenvalue weighted by atomic mass is 16.3. The van der Waals surface area contributed by atoms with E-state index < -0.39 is 0 Å². The van der Waals surface area contributed by atoms with Gasteiger partial charge in [0.25, 0.3) is 0 Å². The van der Waals surface area contributed by atoms with Crippen LogP contribution in [0.3, 0.4) is 0 Å². The molecule has 6 nitrogen and oxygen atoms in total. The van der Waals surface area contributed by atoms with Gasteiger partial charge in [0.1, 0.15) is 11.3 Å². The number of hydrogen-bond donors (Lipinski definition) is 2. The Bertz CT molecular complexity index is 1130. The van der Waals surface area contributed by atoms with Gasteiger partial charge in [0.05, 0.1) is 0 Å². The van der Waals surface area contributed by atoms with E-state index in [-0.39, 0.29) is 0 Å². The molecule has 0 saturated carbocycles. The molecule has 0 aliphatic carbocycles. The van der Waals surface area contributed by atoms with Crippen LogP contribution in [0, 0.1) is 19.3 Å². The molecule has 0 saturated heterocycles. The average Bonchev–Trinajstić information content (AvgIpc) is 3.01. The third-order valence-corrected chi connectivity index (χ3v) is 3.71. The number of fused-ring (bicyclic) bond motifs is 1. The Morgan fingerprint density at radius 3 is 2.77 bits per heavy atom. The minimum atomic E-state index is 0.473. The van der Waals surface area contributed by atoms with E-state index in [4.69, 9.17) is 10.8 Å². The topological polar surface area (TPSA) is 75.9 Å². The van der Waals surface area contributed by atoms with Crippen molar-refractivity contribution < 1.29 is 4.42 Å². The lowest BCUT2D eigenvalue weighted by Crippen LogP contribution is -2.00. The lowest BCUT2D eigenvalue weighted by molar-refractivity contribution is 0.561. The van der Waals surface area contributed by atoms with E-state index in [1.165, 1.54) is 0 Å². The minimum absolute atomic E-state index is 0.473. The first-order chi connectivity index (χ1) is 12.7. The summed E-state index contributed by atoms with van der Waals surface area (Å²) >= 11 is 0. The summed E-state index contributed by atoms with van der Waals surface area (Å²) in [5.74, 6) is 4.38. The molecule has 0 unspecified atom stereocenters. The van der Waals surface area contributed by atoms with Crippen molar-refractivity contribution in [2.24, 2.45) is 0 Å². The highest BCUT2D eigenvalue weighted by Crippen LogP contribution is 2.23. The van der Waals surface area contributed by atoms with E-state index in [0.29, 0.717) is 17.7 Å². The fourth-order valence-corrected chi connectivity index (χ4v) is 2.57. The number of oxazole rings is 1. The zero-order valence-corrected chi connectivity index (χ0v) is 14.0. The maximum absolute atomic E-state index is 5.56. The van der Waals surface area contributed by atoms with Crippen molar-refractivity contribution in [1.82, 2.24) is 15.0 Å². The molecule has 4 aromatic rings. The van der Waals surface area contributed by atoms with Gasteiger partial charge in [0, 0.05) is 36.1 Å². The fraction of sp³-hybridized carbons (Fsp3) is 0.0500. The first-order valence-electron chi connectivity index (χ1n) is 8.00. The lowest BCUT2D eigenvalue weighted by atomic mass is 10.2. The van der Waals surface area contributed by atoms with Crippen LogP contribution in [0.1, 0.15) is 11.5 Å². The van der Waals surface area contributed by atoms with Crippen LogP contribution in [0.5, 0.6) is 0 Å². The van der Waals surface area contributed by atoms with E-state index in [1.807, 2.05) is 49.4 Å². The maximum atomic E-state index is 5.56. The Hall–Kier alpha value is -3.85. The molecule has 2 aromatic carbocycles. The summed E-state index contributed by atoms with van der Waals surface area (Å²) in [5.41, 5.74) is 4.03. The van der Waals surface area contributed by atoms with Crippen LogP contribution in [0.4, 0.5) is 23.1 Å². The number of terminal acetylenes is 1. The van der Waals surface area contributed by atoms with Crippen molar-refractivity contribution in [3.8, 4) is 12.3 Å². The number of hydrogen-bond acceptors (Lipinski definition) is 6. The lowest BCUT2D eigenvalue weighted by Gasteiger charge is -2.08. The SMILES string of the molecule is C#Cc1cccc(Nc2nccc(Nc3ccc4nc(C)oc4c3)n2)c1. The molecule has 0 amide bonds. The fourth-order valence-electron chi connectivity index (χ4n) is 2.57. The number of aromatic nitrogens is 3. The van der Waals surface area contributed by atoms with Crippen molar-refractivity contribution in [3.63, 3.8) is 0 Å². The van der Waals surface area contributed by atoms with Gasteiger partial charge < -0.3 is 15.1 Å². The van der Waals surface area contributed by atoms with Gasteiger partial charge in [-0.3, -0.25) is 0 Å². The van der Waals surface area contributed by atoms with Crippen molar-refractivity contribution in [3.05, 3.63) is 66.2 Å². The van der Waals surface area contributed by atoms with Crippen molar-refractivity contribution in [2.75, 3.05) is 10.6 Å². The van der Waals surface area contributed by atoms with E-state index in [9.17, 15) is 0 Å². The Morgan fingerprint density at radius 2 is 1.88 bits per heavy atom. The largest absolute Gasteiger partial charge is 0.441 e. The second-order valence-corrected chi connectivity index (χ2v) is 5.66. The molecule has 0 atom stereocenters. The molecule has 0 aliphatic heterocycles. The number of rotatable bonds is 4. The maximum Gasteiger partial charge on any atom is 0.229 e. The van der Waals surface area contributed by atoms with Gasteiger partial charge in [-0.2, -0.15) is 4.98 Å². The molecule has 126 valence electrons. The van der Waals surface area contributed by atoms with E-state index >= 15 is 0 Å². The highest BCUT2D eigenvalue weighted by molar-refractivity contribution is 5.78. The molecule has 0 aliphatic rings. The van der Waals surface area contributed by atoms with Gasteiger partial charge in [-0.05, 0) is 36.4 Å². The monoisotopic (exact) mass is 341 g/mol. The number of anilines is 4. The number of benzene rings is 2. The molecule has 4 rings (SSSR count). The summed E-state index contributed by atoms with van der Waals surface area (Å²) in [7, 11) is 0. The van der Waals surface area contributed by atoms with Gasteiger partial charge >= 0.3 is 0 Å². The average molecular weight is 341 g/mol. The summed E-state index contributed by atoms with van der Waals surface area (Å²) in [4.78, 5) is 13.0. The molecule has 0 fully saturated rings. The number of aryl methyl sites for hydroxylation is 1. The molecular formula is C20H15N5O. The normalized spacial score (nSPS) is 10.5. The number of nitrogens with one attached hydrogen (secondary N) is 2.